The van der Waals surface area contributed by atoms with Crippen LogP contribution in [0, 0.1) is 10.1 Å². The summed E-state index contributed by atoms with van der Waals surface area (Å²) in [7, 11) is 0. The number of hydrogen-bond acceptors (Lipinski definition) is 5. The SMILES string of the molecule is CC(C)OCCn1cc([N+](=O)[O-])c(=O)[nH]c1=O. The third-order valence-corrected chi connectivity index (χ3v) is 1.97. The predicted octanol–water partition coefficient (Wildman–Crippen LogP) is -0.130. The quantitative estimate of drug-likeness (QED) is 0.572. The molecule has 0 radical (unpaired) electrons. The molecular formula is C9H13N3O5. The van der Waals surface area contributed by atoms with Gasteiger partial charge in [0.05, 0.1) is 30.4 Å². The Balaban J connectivity index is 2.93. The maximum Gasteiger partial charge on any atom is 0.350 e. The monoisotopic (exact) mass is 243 g/mol. The summed E-state index contributed by atoms with van der Waals surface area (Å²) in [4.78, 5) is 33.9. The lowest BCUT2D eigenvalue weighted by Crippen LogP contribution is -2.32. The van der Waals surface area contributed by atoms with Gasteiger partial charge < -0.3 is 4.74 Å². The van der Waals surface area contributed by atoms with Crippen LogP contribution < -0.4 is 11.2 Å². The van der Waals surface area contributed by atoms with E-state index in [2.05, 4.69) is 0 Å². The van der Waals surface area contributed by atoms with Crippen molar-refractivity contribution in [1.82, 2.24) is 9.55 Å². The van der Waals surface area contributed by atoms with Crippen molar-refractivity contribution in [2.24, 2.45) is 0 Å². The number of nitrogens with zero attached hydrogens (tertiary/aromatic N) is 2. The van der Waals surface area contributed by atoms with Crippen LogP contribution >= 0.6 is 0 Å². The molecule has 1 heterocycles. The zero-order chi connectivity index (χ0) is 13.0. The largest absolute Gasteiger partial charge is 0.377 e. The highest BCUT2D eigenvalue weighted by Gasteiger charge is 2.14. The maximum atomic E-state index is 11.3. The Morgan fingerprint density at radius 3 is 2.71 bits per heavy atom. The van der Waals surface area contributed by atoms with E-state index in [0.29, 0.717) is 0 Å². The Labute approximate surface area is 96.0 Å². The second kappa shape index (κ2) is 5.39. The van der Waals surface area contributed by atoms with Crippen molar-refractivity contribution < 1.29 is 9.66 Å². The molecule has 0 saturated heterocycles. The summed E-state index contributed by atoms with van der Waals surface area (Å²) in [5.74, 6) is 0. The molecule has 8 heteroatoms. The van der Waals surface area contributed by atoms with Gasteiger partial charge in [0.2, 0.25) is 0 Å². The van der Waals surface area contributed by atoms with Crippen LogP contribution in [0.25, 0.3) is 0 Å². The lowest BCUT2D eigenvalue weighted by molar-refractivity contribution is -0.386. The van der Waals surface area contributed by atoms with Gasteiger partial charge in [0, 0.05) is 0 Å². The minimum absolute atomic E-state index is 0.00319. The number of hydrogen-bond donors (Lipinski definition) is 1. The molecule has 0 spiro atoms. The molecule has 94 valence electrons. The lowest BCUT2D eigenvalue weighted by atomic mass is 10.5. The smallest absolute Gasteiger partial charge is 0.350 e. The molecule has 1 rings (SSSR count). The van der Waals surface area contributed by atoms with Gasteiger partial charge in [0.15, 0.2) is 0 Å². The minimum atomic E-state index is -0.999. The molecule has 0 fully saturated rings. The summed E-state index contributed by atoms with van der Waals surface area (Å²) < 4.78 is 6.25. The summed E-state index contributed by atoms with van der Waals surface area (Å²) in [5.41, 5.74) is -2.34. The van der Waals surface area contributed by atoms with E-state index in [-0.39, 0.29) is 19.3 Å². The van der Waals surface area contributed by atoms with E-state index < -0.39 is 21.9 Å². The Kier molecular flexibility index (Phi) is 4.16. The second-order valence-corrected chi connectivity index (χ2v) is 3.64. The molecular weight excluding hydrogens is 230 g/mol. The van der Waals surface area contributed by atoms with Crippen molar-refractivity contribution in [2.45, 2.75) is 26.5 Å². The second-order valence-electron chi connectivity index (χ2n) is 3.64. The van der Waals surface area contributed by atoms with Crippen molar-refractivity contribution >= 4 is 5.69 Å². The van der Waals surface area contributed by atoms with E-state index in [1.54, 1.807) is 0 Å². The number of nitro groups is 1. The van der Waals surface area contributed by atoms with Crippen LogP contribution in [0.2, 0.25) is 0 Å². The van der Waals surface area contributed by atoms with Crippen LogP contribution in [-0.2, 0) is 11.3 Å². The first-order chi connectivity index (χ1) is 7.91. The van der Waals surface area contributed by atoms with Crippen LogP contribution in [0.5, 0.6) is 0 Å². The molecule has 0 aliphatic carbocycles. The van der Waals surface area contributed by atoms with E-state index >= 15 is 0 Å². The van der Waals surface area contributed by atoms with Gasteiger partial charge in [-0.15, -0.1) is 0 Å². The van der Waals surface area contributed by atoms with E-state index in [1.165, 1.54) is 0 Å². The van der Waals surface area contributed by atoms with Gasteiger partial charge in [-0.2, -0.15) is 0 Å². The number of aromatic amines is 1. The van der Waals surface area contributed by atoms with E-state index in [9.17, 15) is 19.7 Å². The summed E-state index contributed by atoms with van der Waals surface area (Å²) in [6, 6.07) is 0. The van der Waals surface area contributed by atoms with Gasteiger partial charge in [-0.05, 0) is 13.8 Å². The third kappa shape index (κ3) is 3.52. The van der Waals surface area contributed by atoms with E-state index in [0.717, 1.165) is 10.8 Å². The topological polar surface area (TPSA) is 107 Å². The lowest BCUT2D eigenvalue weighted by Gasteiger charge is -2.08. The molecule has 0 amide bonds. The predicted molar refractivity (Wildman–Crippen MR) is 59.1 cm³/mol. The van der Waals surface area contributed by atoms with Crippen LogP contribution in [0.1, 0.15) is 13.8 Å². The first-order valence-electron chi connectivity index (χ1n) is 5.01. The highest BCUT2D eigenvalue weighted by molar-refractivity contribution is 5.20. The minimum Gasteiger partial charge on any atom is -0.377 e. The Morgan fingerprint density at radius 2 is 2.18 bits per heavy atom. The third-order valence-electron chi connectivity index (χ3n) is 1.97. The molecule has 0 bridgehead atoms. The van der Waals surface area contributed by atoms with Crippen LogP contribution in [0.4, 0.5) is 5.69 Å². The number of ether oxygens (including phenoxy) is 1. The van der Waals surface area contributed by atoms with Gasteiger partial charge in [-0.3, -0.25) is 24.5 Å². The van der Waals surface area contributed by atoms with Gasteiger partial charge >= 0.3 is 16.9 Å². The van der Waals surface area contributed by atoms with Crippen LogP contribution in [0.3, 0.4) is 0 Å². The standard InChI is InChI=1S/C9H13N3O5/c1-6(2)17-4-3-11-5-7(12(15)16)8(13)10-9(11)14/h5-6H,3-4H2,1-2H3,(H,10,13,14). The summed E-state index contributed by atoms with van der Waals surface area (Å²) in [5, 5.41) is 10.5. The summed E-state index contributed by atoms with van der Waals surface area (Å²) in [6.07, 6.45) is 0.925. The molecule has 1 aromatic rings. The van der Waals surface area contributed by atoms with Crippen molar-refractivity contribution in [3.8, 4) is 0 Å². The highest BCUT2D eigenvalue weighted by atomic mass is 16.6. The molecule has 1 N–H and O–H groups in total. The summed E-state index contributed by atoms with van der Waals surface area (Å²) in [6.45, 7) is 4.05. The average molecular weight is 243 g/mol. The molecule has 0 aromatic carbocycles. The zero-order valence-electron chi connectivity index (χ0n) is 9.50. The fourth-order valence-electron chi connectivity index (χ4n) is 1.18. The molecule has 0 atom stereocenters. The average Bonchev–Trinajstić information content (AvgIpc) is 2.20. The van der Waals surface area contributed by atoms with Gasteiger partial charge in [0.1, 0.15) is 0 Å². The van der Waals surface area contributed by atoms with Gasteiger partial charge in [0.25, 0.3) is 0 Å². The molecule has 1 aromatic heterocycles. The molecule has 17 heavy (non-hydrogen) atoms. The Hall–Kier alpha value is -1.96. The van der Waals surface area contributed by atoms with Crippen LogP contribution in [-0.4, -0.2) is 27.2 Å². The molecule has 0 unspecified atom stereocenters. The maximum absolute atomic E-state index is 11.3. The number of nitrogens with one attached hydrogen (secondary N) is 1. The summed E-state index contributed by atoms with van der Waals surface area (Å²) >= 11 is 0. The van der Waals surface area contributed by atoms with Gasteiger partial charge in [-0.25, -0.2) is 4.79 Å². The fraction of sp³-hybridized carbons (Fsp3) is 0.556. The van der Waals surface area contributed by atoms with E-state index in [1.807, 2.05) is 18.8 Å². The Bertz CT molecular complexity index is 516. The molecule has 0 aliphatic rings. The molecule has 8 nitrogen and oxygen atoms in total. The fourth-order valence-corrected chi connectivity index (χ4v) is 1.18. The molecule has 0 saturated carbocycles. The van der Waals surface area contributed by atoms with Crippen molar-refractivity contribution in [3.63, 3.8) is 0 Å². The van der Waals surface area contributed by atoms with Gasteiger partial charge in [-0.1, -0.05) is 0 Å². The first-order valence-corrected chi connectivity index (χ1v) is 5.01. The number of rotatable bonds is 5. The molecule has 0 aliphatic heterocycles. The van der Waals surface area contributed by atoms with Crippen molar-refractivity contribution in [2.75, 3.05) is 6.61 Å². The Morgan fingerprint density at radius 1 is 1.53 bits per heavy atom. The zero-order valence-corrected chi connectivity index (χ0v) is 9.50. The highest BCUT2D eigenvalue weighted by Crippen LogP contribution is 1.99. The number of H-pyrrole nitrogens is 1. The normalized spacial score (nSPS) is 10.8. The number of aromatic nitrogens is 2. The van der Waals surface area contributed by atoms with E-state index in [4.69, 9.17) is 4.74 Å². The van der Waals surface area contributed by atoms with Crippen molar-refractivity contribution in [3.05, 3.63) is 37.1 Å². The van der Waals surface area contributed by atoms with Crippen LogP contribution in [0.15, 0.2) is 15.8 Å². The van der Waals surface area contributed by atoms with Crippen molar-refractivity contribution in [1.29, 1.82) is 0 Å². The first kappa shape index (κ1) is 13.1.